The molecule has 1 aromatic heterocycles. The van der Waals surface area contributed by atoms with Gasteiger partial charge in [0, 0.05) is 31.6 Å². The first kappa shape index (κ1) is 22.5. The summed E-state index contributed by atoms with van der Waals surface area (Å²) >= 11 is 0. The van der Waals surface area contributed by atoms with Crippen LogP contribution in [0.5, 0.6) is 0 Å². The lowest BCUT2D eigenvalue weighted by molar-refractivity contribution is -0.143. The summed E-state index contributed by atoms with van der Waals surface area (Å²) in [7, 11) is 0. The zero-order chi connectivity index (χ0) is 20.6. The Morgan fingerprint density at radius 3 is 2.71 bits per heavy atom. The van der Waals surface area contributed by atoms with E-state index in [2.05, 4.69) is 34.6 Å². The molecule has 1 fully saturated rings. The minimum Gasteiger partial charge on any atom is -0.359 e. The Kier molecular flexibility index (Phi) is 8.59. The second-order valence-electron chi connectivity index (χ2n) is 7.31. The van der Waals surface area contributed by atoms with E-state index in [0.717, 1.165) is 25.0 Å². The molecule has 0 bridgehead atoms. The third-order valence-electron chi connectivity index (χ3n) is 5.05. The van der Waals surface area contributed by atoms with Crippen LogP contribution in [0.3, 0.4) is 0 Å². The van der Waals surface area contributed by atoms with Crippen molar-refractivity contribution in [1.82, 2.24) is 20.7 Å². The average Bonchev–Trinajstić information content (AvgIpc) is 3.27. The lowest BCUT2D eigenvalue weighted by atomic mass is 9.99. The van der Waals surface area contributed by atoms with E-state index in [1.165, 1.54) is 4.90 Å². The fourth-order valence-corrected chi connectivity index (χ4v) is 3.52. The maximum atomic E-state index is 12.5. The number of rotatable bonds is 9. The van der Waals surface area contributed by atoms with Crippen molar-refractivity contribution in [2.24, 2.45) is 10.9 Å². The largest absolute Gasteiger partial charge is 0.401 e. The molecule has 0 saturated carbocycles. The molecule has 2 rings (SSSR count). The topological polar surface area (TPSA) is 65.7 Å². The number of aromatic nitrogens is 1. The van der Waals surface area contributed by atoms with Crippen molar-refractivity contribution >= 4 is 5.96 Å². The molecule has 9 heteroatoms. The number of nitrogens with one attached hydrogen (secondary N) is 2. The first-order chi connectivity index (χ1) is 13.3. The van der Waals surface area contributed by atoms with Gasteiger partial charge >= 0.3 is 6.18 Å². The zero-order valence-electron chi connectivity index (χ0n) is 17.0. The van der Waals surface area contributed by atoms with Crippen LogP contribution in [-0.2, 0) is 6.54 Å². The van der Waals surface area contributed by atoms with Gasteiger partial charge in [0.25, 0.3) is 0 Å². The Hall–Kier alpha value is -1.77. The zero-order valence-corrected chi connectivity index (χ0v) is 17.0. The Morgan fingerprint density at radius 1 is 1.32 bits per heavy atom. The summed E-state index contributed by atoms with van der Waals surface area (Å²) in [5.74, 6) is 1.92. The number of nitrogens with zero attached hydrogens (tertiary/aromatic N) is 3. The summed E-state index contributed by atoms with van der Waals surface area (Å²) in [5, 5.41) is 10.5. The fourth-order valence-electron chi connectivity index (χ4n) is 3.52. The molecule has 1 atom stereocenters. The van der Waals surface area contributed by atoms with E-state index < -0.39 is 12.7 Å². The number of hydrogen-bond acceptors (Lipinski definition) is 4. The van der Waals surface area contributed by atoms with Crippen LogP contribution in [0.2, 0.25) is 0 Å². The molecule has 160 valence electrons. The van der Waals surface area contributed by atoms with Gasteiger partial charge in [0.05, 0.1) is 12.2 Å². The van der Waals surface area contributed by atoms with E-state index in [4.69, 9.17) is 4.52 Å². The summed E-state index contributed by atoms with van der Waals surface area (Å²) in [6, 6.07) is 1.96. The first-order valence-corrected chi connectivity index (χ1v) is 10.1. The van der Waals surface area contributed by atoms with Crippen LogP contribution < -0.4 is 10.6 Å². The summed E-state index contributed by atoms with van der Waals surface area (Å²) in [4.78, 5) is 5.98. The third-order valence-corrected chi connectivity index (χ3v) is 5.05. The van der Waals surface area contributed by atoms with E-state index in [-0.39, 0.29) is 5.92 Å². The number of guanidine groups is 1. The predicted molar refractivity (Wildman–Crippen MR) is 103 cm³/mol. The van der Waals surface area contributed by atoms with E-state index in [1.807, 2.05) is 13.0 Å². The molecule has 0 spiro atoms. The Balaban J connectivity index is 1.84. The second-order valence-corrected chi connectivity index (χ2v) is 7.31. The van der Waals surface area contributed by atoms with Crippen molar-refractivity contribution in [3.63, 3.8) is 0 Å². The lowest BCUT2D eigenvalue weighted by Gasteiger charge is -2.18. The third kappa shape index (κ3) is 7.33. The normalized spacial score (nSPS) is 18.8. The van der Waals surface area contributed by atoms with Crippen molar-refractivity contribution in [2.75, 3.05) is 32.7 Å². The highest BCUT2D eigenvalue weighted by molar-refractivity contribution is 5.79. The molecule has 1 saturated heterocycles. The van der Waals surface area contributed by atoms with Crippen LogP contribution in [0.25, 0.3) is 0 Å². The Labute approximate surface area is 164 Å². The van der Waals surface area contributed by atoms with E-state index in [1.54, 1.807) is 0 Å². The van der Waals surface area contributed by atoms with Crippen molar-refractivity contribution in [2.45, 2.75) is 58.7 Å². The van der Waals surface area contributed by atoms with Crippen LogP contribution in [0.1, 0.15) is 57.4 Å². The average molecular weight is 403 g/mol. The number of likely N-dealkylation sites (tertiary alicyclic amines) is 1. The van der Waals surface area contributed by atoms with Gasteiger partial charge < -0.3 is 15.2 Å². The van der Waals surface area contributed by atoms with Crippen LogP contribution in [0, 0.1) is 5.92 Å². The van der Waals surface area contributed by atoms with Crippen molar-refractivity contribution in [3.8, 4) is 0 Å². The molecular weight excluding hydrogens is 371 g/mol. The number of hydrogen-bond donors (Lipinski definition) is 2. The molecule has 0 aliphatic carbocycles. The highest BCUT2D eigenvalue weighted by Gasteiger charge is 2.34. The van der Waals surface area contributed by atoms with E-state index in [0.29, 0.717) is 50.4 Å². The fraction of sp³-hybridized carbons (Fsp3) is 0.789. The van der Waals surface area contributed by atoms with Gasteiger partial charge in [-0.1, -0.05) is 19.0 Å². The lowest BCUT2D eigenvalue weighted by Crippen LogP contribution is -2.40. The van der Waals surface area contributed by atoms with Crippen molar-refractivity contribution in [1.29, 1.82) is 0 Å². The molecule has 1 aliphatic rings. The van der Waals surface area contributed by atoms with E-state index >= 15 is 0 Å². The molecule has 0 amide bonds. The molecule has 1 aliphatic heterocycles. The molecular formula is C19H32F3N5O. The molecule has 0 radical (unpaired) electrons. The maximum Gasteiger partial charge on any atom is 0.401 e. The van der Waals surface area contributed by atoms with Crippen molar-refractivity contribution in [3.05, 3.63) is 17.5 Å². The molecule has 2 N–H and O–H groups in total. The summed E-state index contributed by atoms with van der Waals surface area (Å²) in [6.45, 7) is 8.00. The Bertz CT molecular complexity index is 613. The molecule has 1 aromatic rings. The summed E-state index contributed by atoms with van der Waals surface area (Å²) in [6.07, 6.45) is -1.35. The van der Waals surface area contributed by atoms with Gasteiger partial charge in [-0.15, -0.1) is 0 Å². The number of alkyl halides is 3. The molecule has 28 heavy (non-hydrogen) atoms. The summed E-state index contributed by atoms with van der Waals surface area (Å²) < 4.78 is 42.9. The van der Waals surface area contributed by atoms with Crippen LogP contribution in [0.15, 0.2) is 15.6 Å². The van der Waals surface area contributed by atoms with Gasteiger partial charge in [0.15, 0.2) is 11.7 Å². The SMILES string of the molecule is CCNC(=NCc1cc(C(CC)CC)no1)NCC1CCN(CC(F)(F)F)C1. The quantitative estimate of drug-likeness (QED) is 0.488. The van der Waals surface area contributed by atoms with Crippen molar-refractivity contribution < 1.29 is 17.7 Å². The predicted octanol–water partition coefficient (Wildman–Crippen LogP) is 3.52. The van der Waals surface area contributed by atoms with Gasteiger partial charge in [-0.2, -0.15) is 13.2 Å². The van der Waals surface area contributed by atoms with Gasteiger partial charge in [0.2, 0.25) is 0 Å². The molecule has 1 unspecified atom stereocenters. The second kappa shape index (κ2) is 10.7. The molecule has 0 aromatic carbocycles. The number of aliphatic imine (C=N–C) groups is 1. The maximum absolute atomic E-state index is 12.5. The molecule has 2 heterocycles. The van der Waals surface area contributed by atoms with Gasteiger partial charge in [-0.05, 0) is 38.6 Å². The minimum absolute atomic E-state index is 0.179. The highest BCUT2D eigenvalue weighted by Crippen LogP contribution is 2.23. The standard InChI is InChI=1S/C19H32F3N5O/c1-4-15(5-2)17-9-16(28-26-17)11-25-18(23-6-3)24-10-14-7-8-27(12-14)13-19(20,21)22/h9,14-15H,4-8,10-13H2,1-3H3,(H2,23,24,25). The van der Waals surface area contributed by atoms with Gasteiger partial charge in [-0.25, -0.2) is 4.99 Å². The smallest absolute Gasteiger partial charge is 0.359 e. The number of halogens is 3. The highest BCUT2D eigenvalue weighted by atomic mass is 19.4. The van der Waals surface area contributed by atoms with Crippen LogP contribution >= 0.6 is 0 Å². The van der Waals surface area contributed by atoms with Crippen LogP contribution in [0.4, 0.5) is 13.2 Å². The first-order valence-electron chi connectivity index (χ1n) is 10.1. The van der Waals surface area contributed by atoms with Gasteiger partial charge in [0.1, 0.15) is 6.54 Å². The van der Waals surface area contributed by atoms with Crippen LogP contribution in [-0.4, -0.2) is 54.9 Å². The monoisotopic (exact) mass is 403 g/mol. The van der Waals surface area contributed by atoms with Gasteiger partial charge in [-0.3, -0.25) is 4.90 Å². The van der Waals surface area contributed by atoms with E-state index in [9.17, 15) is 13.2 Å². The summed E-state index contributed by atoms with van der Waals surface area (Å²) in [5.41, 5.74) is 0.962. The Morgan fingerprint density at radius 2 is 2.07 bits per heavy atom. The molecule has 6 nitrogen and oxygen atoms in total. The minimum atomic E-state index is -4.14.